The molecule has 0 atom stereocenters. The summed E-state index contributed by atoms with van der Waals surface area (Å²) < 4.78 is 12.9. The van der Waals surface area contributed by atoms with Crippen LogP contribution in [0, 0.1) is 29.5 Å². The van der Waals surface area contributed by atoms with Crippen molar-refractivity contribution in [3.63, 3.8) is 0 Å². The van der Waals surface area contributed by atoms with Crippen LogP contribution in [0.1, 0.15) is 70.3 Å². The van der Waals surface area contributed by atoms with Gasteiger partial charge in [0.2, 0.25) is 0 Å². The summed E-state index contributed by atoms with van der Waals surface area (Å²) in [6, 6.07) is 7.08. The highest BCUT2D eigenvalue weighted by Crippen LogP contribution is 2.42. The molecule has 1 aromatic carbocycles. The summed E-state index contributed by atoms with van der Waals surface area (Å²) in [5, 5.41) is 0. The van der Waals surface area contributed by atoms with E-state index < -0.39 is 0 Å². The van der Waals surface area contributed by atoms with Crippen LogP contribution < -0.4 is 0 Å². The Labute approximate surface area is 135 Å². The Hall–Kier alpha value is -0.850. The third-order valence-corrected chi connectivity index (χ3v) is 6.37. The second-order valence-corrected chi connectivity index (χ2v) is 7.97. The first kappa shape index (κ1) is 16.0. The first-order valence-corrected chi connectivity index (χ1v) is 9.45. The molecule has 0 heterocycles. The van der Waals surface area contributed by atoms with Gasteiger partial charge >= 0.3 is 0 Å². The summed E-state index contributed by atoms with van der Waals surface area (Å²) >= 11 is 0. The maximum atomic E-state index is 12.9. The van der Waals surface area contributed by atoms with Gasteiger partial charge in [0.05, 0.1) is 0 Å². The van der Waals surface area contributed by atoms with Gasteiger partial charge in [-0.05, 0) is 79.9 Å². The molecule has 1 aromatic rings. The minimum absolute atomic E-state index is 0.119. The predicted molar refractivity (Wildman–Crippen MR) is 91.3 cm³/mol. The van der Waals surface area contributed by atoms with Gasteiger partial charge in [0.25, 0.3) is 0 Å². The van der Waals surface area contributed by atoms with Crippen molar-refractivity contribution in [2.24, 2.45) is 23.7 Å². The van der Waals surface area contributed by atoms with Crippen molar-refractivity contribution in [3.05, 3.63) is 35.6 Å². The summed E-state index contributed by atoms with van der Waals surface area (Å²) in [5.41, 5.74) is 1.30. The molecule has 0 saturated heterocycles. The number of hydrogen-bond acceptors (Lipinski definition) is 0. The van der Waals surface area contributed by atoms with Gasteiger partial charge in [-0.2, -0.15) is 0 Å². The second-order valence-electron chi connectivity index (χ2n) is 7.97. The van der Waals surface area contributed by atoms with Crippen LogP contribution >= 0.6 is 0 Å². The van der Waals surface area contributed by atoms with Crippen molar-refractivity contribution in [2.45, 2.75) is 71.1 Å². The Morgan fingerprint density at radius 2 is 1.36 bits per heavy atom. The normalized spacial score (nSPS) is 32.8. The molecule has 0 amide bonds. The molecule has 0 N–H and O–H groups in total. The molecule has 0 nitrogen and oxygen atoms in total. The van der Waals surface area contributed by atoms with Crippen LogP contribution in [0.5, 0.6) is 0 Å². The predicted octanol–water partition coefficient (Wildman–Crippen LogP) is 6.39. The minimum Gasteiger partial charge on any atom is -0.207 e. The molecule has 0 spiro atoms. The zero-order valence-electron chi connectivity index (χ0n) is 14.1. The van der Waals surface area contributed by atoms with Crippen LogP contribution in [0.15, 0.2) is 24.3 Å². The van der Waals surface area contributed by atoms with Gasteiger partial charge < -0.3 is 0 Å². The van der Waals surface area contributed by atoms with E-state index in [1.54, 1.807) is 12.1 Å². The molecule has 2 saturated carbocycles. The number of aryl methyl sites for hydroxylation is 1. The Kier molecular flexibility index (Phi) is 5.55. The van der Waals surface area contributed by atoms with Crippen molar-refractivity contribution in [3.8, 4) is 0 Å². The Bertz CT molecular complexity index is 433. The lowest BCUT2D eigenvalue weighted by Gasteiger charge is -2.37. The molecule has 0 aromatic heterocycles. The van der Waals surface area contributed by atoms with Crippen molar-refractivity contribution < 1.29 is 4.39 Å². The first-order valence-electron chi connectivity index (χ1n) is 9.45. The van der Waals surface area contributed by atoms with Crippen LogP contribution in [0.25, 0.3) is 0 Å². The van der Waals surface area contributed by atoms with E-state index in [9.17, 15) is 4.39 Å². The Morgan fingerprint density at radius 1 is 0.818 bits per heavy atom. The molecular weight excluding hydrogens is 271 g/mol. The van der Waals surface area contributed by atoms with E-state index >= 15 is 0 Å². The monoisotopic (exact) mass is 302 g/mol. The molecule has 22 heavy (non-hydrogen) atoms. The molecule has 2 aliphatic carbocycles. The number of rotatable bonds is 4. The summed E-state index contributed by atoms with van der Waals surface area (Å²) in [4.78, 5) is 0. The zero-order chi connectivity index (χ0) is 15.4. The molecule has 3 rings (SSSR count). The van der Waals surface area contributed by atoms with Crippen LogP contribution in [0.2, 0.25) is 0 Å². The van der Waals surface area contributed by atoms with Gasteiger partial charge in [0, 0.05) is 0 Å². The Morgan fingerprint density at radius 3 is 1.95 bits per heavy atom. The van der Waals surface area contributed by atoms with Crippen molar-refractivity contribution >= 4 is 0 Å². The highest BCUT2D eigenvalue weighted by atomic mass is 19.1. The van der Waals surface area contributed by atoms with Gasteiger partial charge in [-0.1, -0.05) is 44.7 Å². The highest BCUT2D eigenvalue weighted by molar-refractivity contribution is 5.16. The van der Waals surface area contributed by atoms with Crippen LogP contribution in [-0.4, -0.2) is 0 Å². The summed E-state index contributed by atoms with van der Waals surface area (Å²) in [5.74, 6) is 3.82. The van der Waals surface area contributed by atoms with Gasteiger partial charge in [-0.3, -0.25) is 0 Å². The summed E-state index contributed by atoms with van der Waals surface area (Å²) in [7, 11) is 0. The van der Waals surface area contributed by atoms with Gasteiger partial charge in [-0.15, -0.1) is 0 Å². The fraction of sp³-hybridized carbons (Fsp3) is 0.714. The van der Waals surface area contributed by atoms with E-state index in [2.05, 4.69) is 6.92 Å². The van der Waals surface area contributed by atoms with Crippen LogP contribution in [0.3, 0.4) is 0 Å². The van der Waals surface area contributed by atoms with E-state index in [0.29, 0.717) is 0 Å². The van der Waals surface area contributed by atoms with E-state index in [-0.39, 0.29) is 5.82 Å². The molecule has 0 bridgehead atoms. The van der Waals surface area contributed by atoms with Crippen LogP contribution in [-0.2, 0) is 6.42 Å². The van der Waals surface area contributed by atoms with E-state index in [1.165, 1.54) is 63.4 Å². The van der Waals surface area contributed by atoms with Crippen molar-refractivity contribution in [1.29, 1.82) is 0 Å². The number of benzene rings is 1. The van der Waals surface area contributed by atoms with Gasteiger partial charge in [-0.25, -0.2) is 4.39 Å². The van der Waals surface area contributed by atoms with E-state index in [0.717, 1.165) is 30.1 Å². The van der Waals surface area contributed by atoms with Gasteiger partial charge in [0.1, 0.15) is 5.82 Å². The number of halogens is 1. The lowest BCUT2D eigenvalue weighted by atomic mass is 9.69. The smallest absolute Gasteiger partial charge is 0.123 e. The van der Waals surface area contributed by atoms with Crippen molar-refractivity contribution in [1.82, 2.24) is 0 Å². The lowest BCUT2D eigenvalue weighted by molar-refractivity contribution is 0.148. The van der Waals surface area contributed by atoms with Crippen molar-refractivity contribution in [2.75, 3.05) is 0 Å². The molecule has 0 radical (unpaired) electrons. The maximum absolute atomic E-state index is 12.9. The molecule has 1 heteroatoms. The van der Waals surface area contributed by atoms with E-state index in [4.69, 9.17) is 0 Å². The average molecular weight is 302 g/mol. The maximum Gasteiger partial charge on any atom is 0.123 e. The third kappa shape index (κ3) is 4.33. The largest absolute Gasteiger partial charge is 0.207 e. The fourth-order valence-corrected chi connectivity index (χ4v) is 4.73. The highest BCUT2D eigenvalue weighted by Gasteiger charge is 2.29. The summed E-state index contributed by atoms with van der Waals surface area (Å²) in [6.07, 6.45) is 14.1. The molecule has 0 unspecified atom stereocenters. The Balaban J connectivity index is 1.39. The second kappa shape index (κ2) is 7.62. The molecule has 0 aliphatic heterocycles. The van der Waals surface area contributed by atoms with E-state index in [1.807, 2.05) is 12.1 Å². The van der Waals surface area contributed by atoms with Crippen LogP contribution in [0.4, 0.5) is 4.39 Å². The molecule has 2 fully saturated rings. The quantitative estimate of drug-likeness (QED) is 0.604. The number of hydrogen-bond donors (Lipinski definition) is 0. The zero-order valence-corrected chi connectivity index (χ0v) is 14.1. The fourth-order valence-electron chi connectivity index (χ4n) is 4.73. The minimum atomic E-state index is -0.119. The SMILES string of the molecule is CC1CCC(C2CCC(CCc3ccc(F)cc3)CC2)CC1. The average Bonchev–Trinajstić information content (AvgIpc) is 2.56. The molecule has 122 valence electrons. The van der Waals surface area contributed by atoms with Gasteiger partial charge in [0.15, 0.2) is 0 Å². The lowest BCUT2D eigenvalue weighted by Crippen LogP contribution is -2.25. The molecule has 2 aliphatic rings. The third-order valence-electron chi connectivity index (χ3n) is 6.37. The summed E-state index contributed by atoms with van der Waals surface area (Å²) in [6.45, 7) is 2.42. The molecular formula is C21H31F. The topological polar surface area (TPSA) is 0 Å². The standard InChI is InChI=1S/C21H31F/c1-16-2-10-19(11-3-16)20-12-6-17(7-13-20)4-5-18-8-14-21(22)15-9-18/h8-9,14-17,19-20H,2-7,10-13H2,1H3. The first-order chi connectivity index (χ1) is 10.7.